The van der Waals surface area contributed by atoms with Crippen LogP contribution in [-0.4, -0.2) is 37.6 Å². The fourth-order valence-corrected chi connectivity index (χ4v) is 5.63. The zero-order valence-corrected chi connectivity index (χ0v) is 23.6. The summed E-state index contributed by atoms with van der Waals surface area (Å²) in [6, 6.07) is 17.9. The maximum atomic E-state index is 13.4. The number of thiocarbonyl (C=S) groups is 1. The largest absolute Gasteiger partial charge is 0.491 e. The van der Waals surface area contributed by atoms with Crippen LogP contribution in [0.2, 0.25) is 0 Å². The Hall–Kier alpha value is -2.90. The van der Waals surface area contributed by atoms with Gasteiger partial charge in [0, 0.05) is 23.9 Å². The molecule has 37 heavy (non-hydrogen) atoms. The van der Waals surface area contributed by atoms with Crippen molar-refractivity contribution in [2.45, 2.75) is 59.5 Å². The molecular formula is C30H35N3O2S2. The van der Waals surface area contributed by atoms with Crippen LogP contribution in [0.3, 0.4) is 0 Å². The van der Waals surface area contributed by atoms with Gasteiger partial charge < -0.3 is 4.74 Å². The molecule has 1 amide bonds. The van der Waals surface area contributed by atoms with Crippen molar-refractivity contribution in [3.8, 4) is 22.7 Å². The average Bonchev–Trinajstić information content (AvgIpc) is 3.43. The Bertz CT molecular complexity index is 1250. The number of para-hydroxylation sites is 1. The van der Waals surface area contributed by atoms with Crippen LogP contribution in [0.5, 0.6) is 5.75 Å². The lowest BCUT2D eigenvalue weighted by molar-refractivity contribution is -0.122. The van der Waals surface area contributed by atoms with E-state index in [0.717, 1.165) is 47.5 Å². The lowest BCUT2D eigenvalue weighted by Gasteiger charge is -2.21. The van der Waals surface area contributed by atoms with E-state index in [4.69, 9.17) is 22.1 Å². The lowest BCUT2D eigenvalue weighted by Crippen LogP contribution is -2.33. The second kappa shape index (κ2) is 12.6. The number of hydrogen-bond acceptors (Lipinski definition) is 5. The van der Waals surface area contributed by atoms with Crippen LogP contribution in [0, 0.1) is 5.92 Å². The molecule has 1 saturated heterocycles. The van der Waals surface area contributed by atoms with Gasteiger partial charge in [0.1, 0.15) is 10.1 Å². The van der Waals surface area contributed by atoms with E-state index in [1.165, 1.54) is 18.2 Å². The molecule has 0 aliphatic carbocycles. The van der Waals surface area contributed by atoms with Gasteiger partial charge >= 0.3 is 0 Å². The van der Waals surface area contributed by atoms with Crippen molar-refractivity contribution in [2.24, 2.45) is 5.92 Å². The van der Waals surface area contributed by atoms with Gasteiger partial charge in [-0.25, -0.2) is 4.68 Å². The summed E-state index contributed by atoms with van der Waals surface area (Å²) >= 11 is 7.02. The van der Waals surface area contributed by atoms with Crippen LogP contribution < -0.4 is 4.74 Å². The molecule has 1 aliphatic rings. The van der Waals surface area contributed by atoms with Crippen LogP contribution >= 0.6 is 24.0 Å². The van der Waals surface area contributed by atoms with Gasteiger partial charge in [-0.2, -0.15) is 5.10 Å². The molecule has 5 nitrogen and oxygen atoms in total. The molecule has 1 fully saturated rings. The summed E-state index contributed by atoms with van der Waals surface area (Å²) in [4.78, 5) is 15.9. The summed E-state index contributed by atoms with van der Waals surface area (Å²) < 4.78 is 8.31. The fourth-order valence-electron chi connectivity index (χ4n) is 4.37. The molecule has 0 spiro atoms. The molecule has 1 unspecified atom stereocenters. The van der Waals surface area contributed by atoms with Crippen LogP contribution in [-0.2, 0) is 4.79 Å². The highest BCUT2D eigenvalue weighted by Crippen LogP contribution is 2.36. The molecule has 7 heteroatoms. The third kappa shape index (κ3) is 6.70. The number of carbonyl (C=O) groups is 1. The number of hydrogen-bond donors (Lipinski definition) is 0. The summed E-state index contributed by atoms with van der Waals surface area (Å²) in [5, 5.41) is 4.91. The number of benzene rings is 2. The molecule has 2 heterocycles. The molecule has 1 aliphatic heterocycles. The first-order valence-corrected chi connectivity index (χ1v) is 14.3. The van der Waals surface area contributed by atoms with Crippen LogP contribution in [0.1, 0.15) is 58.9 Å². The number of rotatable bonds is 11. The second-order valence-corrected chi connectivity index (χ2v) is 11.3. The lowest BCUT2D eigenvalue weighted by atomic mass is 9.99. The highest BCUT2D eigenvalue weighted by atomic mass is 32.2. The maximum Gasteiger partial charge on any atom is 0.266 e. The first-order chi connectivity index (χ1) is 17.9. The number of unbranched alkanes of at least 4 members (excludes halogenated alkanes) is 1. The standard InChI is InChI=1S/C30H35N3O2S2/c1-5-7-11-22(6-2)19-32-29(34)27(37-30(32)36)18-24-20-33(25-12-9-8-10-13-25)31-28(24)23-14-16-26(17-15-23)35-21(3)4/h8-10,12-18,20-22H,5-7,11,19H2,1-4H3. The molecule has 0 N–H and O–H groups in total. The second-order valence-electron chi connectivity index (χ2n) is 9.61. The van der Waals surface area contributed by atoms with Crippen LogP contribution in [0.15, 0.2) is 65.7 Å². The minimum Gasteiger partial charge on any atom is -0.491 e. The van der Waals surface area contributed by atoms with Crippen LogP contribution in [0.4, 0.5) is 0 Å². The first-order valence-electron chi connectivity index (χ1n) is 13.1. The van der Waals surface area contributed by atoms with Crippen molar-refractivity contribution in [2.75, 3.05) is 6.54 Å². The molecule has 4 rings (SSSR count). The Morgan fingerprint density at radius 3 is 2.46 bits per heavy atom. The van der Waals surface area contributed by atoms with E-state index in [1.807, 2.05) is 85.4 Å². The van der Waals surface area contributed by atoms with Gasteiger partial charge in [-0.1, -0.05) is 75.3 Å². The monoisotopic (exact) mass is 533 g/mol. The van der Waals surface area contributed by atoms with E-state index in [9.17, 15) is 4.79 Å². The van der Waals surface area contributed by atoms with E-state index in [-0.39, 0.29) is 12.0 Å². The Morgan fingerprint density at radius 2 is 1.81 bits per heavy atom. The number of ether oxygens (including phenoxy) is 1. The molecule has 0 radical (unpaired) electrons. The number of amides is 1. The van der Waals surface area contributed by atoms with Crippen molar-refractivity contribution >= 4 is 40.3 Å². The van der Waals surface area contributed by atoms with E-state index in [1.54, 1.807) is 4.90 Å². The van der Waals surface area contributed by atoms with Crippen molar-refractivity contribution in [1.29, 1.82) is 0 Å². The minimum absolute atomic E-state index is 0.0101. The van der Waals surface area contributed by atoms with Crippen molar-refractivity contribution < 1.29 is 9.53 Å². The topological polar surface area (TPSA) is 47.4 Å². The number of nitrogens with zero attached hydrogens (tertiary/aromatic N) is 3. The van der Waals surface area contributed by atoms with Gasteiger partial charge in [0.05, 0.1) is 22.4 Å². The van der Waals surface area contributed by atoms with Crippen molar-refractivity contribution in [1.82, 2.24) is 14.7 Å². The molecule has 0 saturated carbocycles. The Morgan fingerprint density at radius 1 is 1.08 bits per heavy atom. The molecule has 1 atom stereocenters. The number of carbonyl (C=O) groups excluding carboxylic acids is 1. The average molecular weight is 534 g/mol. The van der Waals surface area contributed by atoms with Crippen molar-refractivity contribution in [3.63, 3.8) is 0 Å². The van der Waals surface area contributed by atoms with E-state index in [0.29, 0.717) is 21.7 Å². The summed E-state index contributed by atoms with van der Waals surface area (Å²) in [6.45, 7) is 9.10. The third-order valence-corrected chi connectivity index (χ3v) is 7.78. The summed E-state index contributed by atoms with van der Waals surface area (Å²) in [6.07, 6.45) is 8.52. The SMILES string of the molecule is CCCCC(CC)CN1C(=O)C(=Cc2cn(-c3ccccc3)nc2-c2ccc(OC(C)C)cc2)SC1=S. The summed E-state index contributed by atoms with van der Waals surface area (Å²) in [5.74, 6) is 1.27. The molecule has 2 aromatic carbocycles. The number of thioether (sulfide) groups is 1. The van der Waals surface area contributed by atoms with E-state index < -0.39 is 0 Å². The number of aromatic nitrogens is 2. The van der Waals surface area contributed by atoms with E-state index >= 15 is 0 Å². The minimum atomic E-state index is -0.0101. The molecular weight excluding hydrogens is 498 g/mol. The van der Waals surface area contributed by atoms with Gasteiger partial charge in [0.2, 0.25) is 0 Å². The quantitative estimate of drug-likeness (QED) is 0.186. The predicted octanol–water partition coefficient (Wildman–Crippen LogP) is 7.74. The molecule has 3 aromatic rings. The van der Waals surface area contributed by atoms with Crippen molar-refractivity contribution in [3.05, 3.63) is 71.3 Å². The van der Waals surface area contributed by atoms with Crippen LogP contribution in [0.25, 0.3) is 23.0 Å². The smallest absolute Gasteiger partial charge is 0.266 e. The summed E-state index contributed by atoms with van der Waals surface area (Å²) in [5.41, 5.74) is 3.59. The molecule has 194 valence electrons. The zero-order chi connectivity index (χ0) is 26.4. The summed E-state index contributed by atoms with van der Waals surface area (Å²) in [7, 11) is 0. The molecule has 0 bridgehead atoms. The van der Waals surface area contributed by atoms with E-state index in [2.05, 4.69) is 13.8 Å². The highest BCUT2D eigenvalue weighted by Gasteiger charge is 2.33. The maximum absolute atomic E-state index is 13.4. The third-order valence-electron chi connectivity index (χ3n) is 6.41. The zero-order valence-electron chi connectivity index (χ0n) is 22.0. The highest BCUT2D eigenvalue weighted by molar-refractivity contribution is 8.26. The van der Waals surface area contributed by atoms with Gasteiger partial charge in [0.15, 0.2) is 0 Å². The Balaban J connectivity index is 1.66. The molecule has 1 aromatic heterocycles. The Labute approximate surface area is 229 Å². The van der Waals surface area contributed by atoms with Gasteiger partial charge in [-0.15, -0.1) is 0 Å². The normalized spacial score (nSPS) is 15.7. The van der Waals surface area contributed by atoms with Gasteiger partial charge in [-0.05, 0) is 68.7 Å². The van der Waals surface area contributed by atoms with Gasteiger partial charge in [0.25, 0.3) is 5.91 Å². The Kier molecular flexibility index (Phi) is 9.22. The fraction of sp³-hybridized carbons (Fsp3) is 0.367. The van der Waals surface area contributed by atoms with Gasteiger partial charge in [-0.3, -0.25) is 9.69 Å². The first kappa shape index (κ1) is 27.1. The predicted molar refractivity (Wildman–Crippen MR) is 158 cm³/mol.